The molecule has 0 aliphatic heterocycles. The highest BCUT2D eigenvalue weighted by atomic mass is 16.3. The topological polar surface area (TPSA) is 61.4 Å². The molecule has 0 radical (unpaired) electrons. The van der Waals surface area contributed by atoms with Gasteiger partial charge < -0.3 is 15.7 Å². The van der Waals surface area contributed by atoms with E-state index >= 15 is 0 Å². The Morgan fingerprint density at radius 3 is 2.62 bits per heavy atom. The van der Waals surface area contributed by atoms with E-state index in [1.54, 1.807) is 0 Å². The minimum absolute atomic E-state index is 0.0340. The van der Waals surface area contributed by atoms with Gasteiger partial charge in [-0.2, -0.15) is 0 Å². The van der Waals surface area contributed by atoms with Gasteiger partial charge in [0, 0.05) is 19.2 Å². The van der Waals surface area contributed by atoms with Gasteiger partial charge in [0.15, 0.2) is 0 Å². The van der Waals surface area contributed by atoms with Crippen LogP contribution in [0.5, 0.6) is 0 Å². The van der Waals surface area contributed by atoms with Crippen molar-refractivity contribution in [2.24, 2.45) is 5.92 Å². The van der Waals surface area contributed by atoms with Crippen LogP contribution in [0.4, 0.5) is 4.79 Å². The van der Waals surface area contributed by atoms with E-state index in [1.165, 1.54) is 0 Å². The summed E-state index contributed by atoms with van der Waals surface area (Å²) in [5.41, 5.74) is 0. The molecule has 0 saturated heterocycles. The number of carbonyl (C=O) groups excluding carboxylic acids is 1. The highest BCUT2D eigenvalue weighted by Crippen LogP contribution is 2.04. The molecule has 0 heterocycles. The van der Waals surface area contributed by atoms with Crippen LogP contribution in [0.3, 0.4) is 0 Å². The lowest BCUT2D eigenvalue weighted by molar-refractivity contribution is 0.219. The molecule has 3 N–H and O–H groups in total. The van der Waals surface area contributed by atoms with Gasteiger partial charge >= 0.3 is 6.03 Å². The van der Waals surface area contributed by atoms with Crippen LogP contribution in [-0.2, 0) is 0 Å². The number of aliphatic hydroxyl groups excluding tert-OH is 1. The van der Waals surface area contributed by atoms with Crippen LogP contribution in [0.2, 0.25) is 0 Å². The Bertz CT molecular complexity index is 215. The predicted molar refractivity (Wildman–Crippen MR) is 66.3 cm³/mol. The van der Waals surface area contributed by atoms with E-state index in [0.29, 0.717) is 18.9 Å². The first-order valence-electron chi connectivity index (χ1n) is 5.88. The summed E-state index contributed by atoms with van der Waals surface area (Å²) < 4.78 is 0. The molecule has 4 heteroatoms. The quantitative estimate of drug-likeness (QED) is 0.458. The molecule has 0 saturated carbocycles. The number of nitrogens with one attached hydrogen (secondary N) is 2. The highest BCUT2D eigenvalue weighted by molar-refractivity contribution is 5.74. The Kier molecular flexibility index (Phi) is 8.62. The second-order valence-corrected chi connectivity index (χ2v) is 4.12. The van der Waals surface area contributed by atoms with Crippen LogP contribution in [0, 0.1) is 5.92 Å². The first-order valence-corrected chi connectivity index (χ1v) is 5.88. The van der Waals surface area contributed by atoms with Crippen LogP contribution in [0.1, 0.15) is 33.6 Å². The van der Waals surface area contributed by atoms with E-state index in [9.17, 15) is 4.79 Å². The molecule has 0 bridgehead atoms. The first kappa shape index (κ1) is 15.0. The summed E-state index contributed by atoms with van der Waals surface area (Å²) in [6.07, 6.45) is 5.41. The first-order chi connectivity index (χ1) is 7.61. The third-order valence-electron chi connectivity index (χ3n) is 2.39. The SMILES string of the molecule is CC=CCCNC(=O)NC(CCO)C(C)C. The largest absolute Gasteiger partial charge is 0.396 e. The van der Waals surface area contributed by atoms with E-state index in [-0.39, 0.29) is 18.7 Å². The van der Waals surface area contributed by atoms with Crippen LogP contribution < -0.4 is 10.6 Å². The third-order valence-corrected chi connectivity index (χ3v) is 2.39. The van der Waals surface area contributed by atoms with Crippen molar-refractivity contribution in [2.75, 3.05) is 13.2 Å². The van der Waals surface area contributed by atoms with Gasteiger partial charge in [-0.3, -0.25) is 0 Å². The summed E-state index contributed by atoms with van der Waals surface area (Å²) in [5, 5.41) is 14.5. The molecular weight excluding hydrogens is 204 g/mol. The van der Waals surface area contributed by atoms with Crippen molar-refractivity contribution in [1.29, 1.82) is 0 Å². The second kappa shape index (κ2) is 9.21. The van der Waals surface area contributed by atoms with E-state index in [4.69, 9.17) is 5.11 Å². The van der Waals surface area contributed by atoms with Gasteiger partial charge in [-0.1, -0.05) is 26.0 Å². The molecule has 0 aromatic rings. The lowest BCUT2D eigenvalue weighted by Crippen LogP contribution is -2.45. The van der Waals surface area contributed by atoms with Crippen molar-refractivity contribution in [2.45, 2.75) is 39.7 Å². The average Bonchev–Trinajstić information content (AvgIpc) is 2.23. The maximum atomic E-state index is 11.5. The van der Waals surface area contributed by atoms with Crippen molar-refractivity contribution in [3.05, 3.63) is 12.2 Å². The molecule has 1 atom stereocenters. The summed E-state index contributed by atoms with van der Waals surface area (Å²) >= 11 is 0. The number of amides is 2. The molecule has 4 nitrogen and oxygen atoms in total. The lowest BCUT2D eigenvalue weighted by atomic mass is 10.0. The van der Waals surface area contributed by atoms with Gasteiger partial charge in [0.2, 0.25) is 0 Å². The smallest absolute Gasteiger partial charge is 0.315 e. The summed E-state index contributed by atoms with van der Waals surface area (Å²) in [7, 11) is 0. The van der Waals surface area contributed by atoms with Gasteiger partial charge in [0.05, 0.1) is 0 Å². The zero-order valence-electron chi connectivity index (χ0n) is 10.5. The number of carbonyl (C=O) groups is 1. The van der Waals surface area contributed by atoms with E-state index in [0.717, 1.165) is 6.42 Å². The molecule has 0 rings (SSSR count). The Balaban J connectivity index is 3.81. The monoisotopic (exact) mass is 228 g/mol. The average molecular weight is 228 g/mol. The van der Waals surface area contributed by atoms with Gasteiger partial charge in [-0.05, 0) is 25.7 Å². The fraction of sp³-hybridized carbons (Fsp3) is 0.750. The predicted octanol–water partition coefficient (Wildman–Crippen LogP) is 1.66. The minimum Gasteiger partial charge on any atom is -0.396 e. The maximum Gasteiger partial charge on any atom is 0.315 e. The van der Waals surface area contributed by atoms with Crippen molar-refractivity contribution in [1.82, 2.24) is 10.6 Å². The number of hydrogen-bond donors (Lipinski definition) is 3. The number of allylic oxidation sites excluding steroid dienone is 1. The second-order valence-electron chi connectivity index (χ2n) is 4.12. The Hall–Kier alpha value is -1.03. The molecular formula is C12H24N2O2. The molecule has 0 spiro atoms. The van der Waals surface area contributed by atoms with E-state index in [1.807, 2.05) is 32.9 Å². The zero-order valence-corrected chi connectivity index (χ0v) is 10.5. The van der Waals surface area contributed by atoms with Gasteiger partial charge in [-0.15, -0.1) is 0 Å². The third kappa shape index (κ3) is 7.29. The summed E-state index contributed by atoms with van der Waals surface area (Å²) in [5.74, 6) is 0.327. The molecule has 0 fully saturated rings. The standard InChI is InChI=1S/C12H24N2O2/c1-4-5-6-8-13-12(16)14-11(7-9-15)10(2)3/h4-5,10-11,15H,6-9H2,1-3H3,(H2,13,14,16). The van der Waals surface area contributed by atoms with Crippen LogP contribution in [0.15, 0.2) is 12.2 Å². The number of urea groups is 1. The summed E-state index contributed by atoms with van der Waals surface area (Å²) in [6.45, 7) is 6.75. The molecule has 0 aromatic heterocycles. The van der Waals surface area contributed by atoms with E-state index in [2.05, 4.69) is 10.6 Å². The number of hydrogen-bond acceptors (Lipinski definition) is 2. The molecule has 0 aliphatic rings. The molecule has 16 heavy (non-hydrogen) atoms. The Morgan fingerprint density at radius 2 is 2.12 bits per heavy atom. The van der Waals surface area contributed by atoms with Crippen molar-refractivity contribution in [3.8, 4) is 0 Å². The normalized spacial score (nSPS) is 13.1. The van der Waals surface area contributed by atoms with Crippen LogP contribution >= 0.6 is 0 Å². The highest BCUT2D eigenvalue weighted by Gasteiger charge is 2.14. The van der Waals surface area contributed by atoms with Gasteiger partial charge in [-0.25, -0.2) is 4.79 Å². The summed E-state index contributed by atoms with van der Waals surface area (Å²) in [4.78, 5) is 11.5. The van der Waals surface area contributed by atoms with Gasteiger partial charge in [0.1, 0.15) is 0 Å². The zero-order chi connectivity index (χ0) is 12.4. The van der Waals surface area contributed by atoms with Crippen molar-refractivity contribution < 1.29 is 9.90 Å². The number of rotatable bonds is 7. The van der Waals surface area contributed by atoms with Crippen molar-refractivity contribution in [3.63, 3.8) is 0 Å². The Labute approximate surface area is 98.1 Å². The minimum atomic E-state index is -0.156. The molecule has 2 amide bonds. The maximum absolute atomic E-state index is 11.5. The number of aliphatic hydroxyl groups is 1. The van der Waals surface area contributed by atoms with Gasteiger partial charge in [0.25, 0.3) is 0 Å². The van der Waals surface area contributed by atoms with Crippen molar-refractivity contribution >= 4 is 6.03 Å². The van der Waals surface area contributed by atoms with Crippen LogP contribution in [0.25, 0.3) is 0 Å². The molecule has 0 aromatic carbocycles. The van der Waals surface area contributed by atoms with E-state index < -0.39 is 0 Å². The Morgan fingerprint density at radius 1 is 1.44 bits per heavy atom. The fourth-order valence-electron chi connectivity index (χ4n) is 1.37. The molecule has 0 aliphatic carbocycles. The molecule has 94 valence electrons. The fourth-order valence-corrected chi connectivity index (χ4v) is 1.37. The molecule has 1 unspecified atom stereocenters. The lowest BCUT2D eigenvalue weighted by Gasteiger charge is -2.21. The van der Waals surface area contributed by atoms with Crippen LogP contribution in [-0.4, -0.2) is 30.3 Å². The summed E-state index contributed by atoms with van der Waals surface area (Å²) in [6, 6.07) is -0.122.